The molecule has 2 rings (SSSR count). The second-order valence-electron chi connectivity index (χ2n) is 7.02. The summed E-state index contributed by atoms with van der Waals surface area (Å²) >= 11 is 5.98. The SMILES string of the molecule is CC(C)(C)OC(=O)N1CCN(C(=O)NC(=O)c2ccc(C#N)cc2Cl)CC1. The zero-order valence-corrected chi connectivity index (χ0v) is 16.2. The quantitative estimate of drug-likeness (QED) is 0.791. The van der Waals surface area contributed by atoms with Gasteiger partial charge in [-0.3, -0.25) is 10.1 Å². The molecule has 1 fully saturated rings. The van der Waals surface area contributed by atoms with Gasteiger partial charge in [-0.1, -0.05) is 11.6 Å². The predicted molar refractivity (Wildman–Crippen MR) is 98.4 cm³/mol. The van der Waals surface area contributed by atoms with E-state index in [1.54, 1.807) is 20.8 Å². The maximum atomic E-state index is 12.3. The van der Waals surface area contributed by atoms with E-state index in [-0.39, 0.29) is 23.7 Å². The van der Waals surface area contributed by atoms with Crippen molar-refractivity contribution in [1.29, 1.82) is 5.26 Å². The molecular formula is C18H21ClN4O4. The monoisotopic (exact) mass is 392 g/mol. The second kappa shape index (κ2) is 8.27. The molecule has 9 heteroatoms. The minimum atomic E-state index is -0.649. The Morgan fingerprint density at radius 1 is 1.15 bits per heavy atom. The molecule has 8 nitrogen and oxygen atoms in total. The standard InChI is InChI=1S/C18H21ClN4O4/c1-18(2,3)27-17(26)23-8-6-22(7-9-23)16(25)21-15(24)13-5-4-12(11-20)10-14(13)19/h4-5,10H,6-9H2,1-3H3,(H,21,24,25). The first-order chi connectivity index (χ1) is 12.6. The number of urea groups is 1. The molecule has 1 aliphatic heterocycles. The van der Waals surface area contributed by atoms with Gasteiger partial charge in [0, 0.05) is 26.2 Å². The molecule has 1 aromatic carbocycles. The summed E-state index contributed by atoms with van der Waals surface area (Å²) in [5.74, 6) is -0.649. The zero-order chi connectivity index (χ0) is 20.2. The number of nitrogens with zero attached hydrogens (tertiary/aromatic N) is 3. The maximum Gasteiger partial charge on any atom is 0.410 e. The third-order valence-electron chi connectivity index (χ3n) is 3.78. The molecule has 1 saturated heterocycles. The van der Waals surface area contributed by atoms with E-state index < -0.39 is 23.6 Å². The van der Waals surface area contributed by atoms with Crippen molar-refractivity contribution in [1.82, 2.24) is 15.1 Å². The van der Waals surface area contributed by atoms with E-state index in [0.29, 0.717) is 18.7 Å². The number of carbonyl (C=O) groups is 3. The molecule has 27 heavy (non-hydrogen) atoms. The van der Waals surface area contributed by atoms with E-state index >= 15 is 0 Å². The first kappa shape index (κ1) is 20.5. The fourth-order valence-electron chi connectivity index (χ4n) is 2.43. The fourth-order valence-corrected chi connectivity index (χ4v) is 2.70. The highest BCUT2D eigenvalue weighted by Crippen LogP contribution is 2.18. The minimum absolute atomic E-state index is 0.0918. The topological polar surface area (TPSA) is 103 Å². The van der Waals surface area contributed by atoms with Gasteiger partial charge in [-0.2, -0.15) is 5.26 Å². The number of carbonyl (C=O) groups excluding carboxylic acids is 3. The first-order valence-electron chi connectivity index (χ1n) is 8.38. The molecule has 1 heterocycles. The lowest BCUT2D eigenvalue weighted by Crippen LogP contribution is -2.54. The lowest BCUT2D eigenvalue weighted by molar-refractivity contribution is 0.0169. The number of nitrogens with one attached hydrogen (secondary N) is 1. The molecule has 0 spiro atoms. The van der Waals surface area contributed by atoms with Crippen molar-refractivity contribution in [2.75, 3.05) is 26.2 Å². The number of ether oxygens (including phenoxy) is 1. The Morgan fingerprint density at radius 3 is 2.26 bits per heavy atom. The van der Waals surface area contributed by atoms with Crippen molar-refractivity contribution in [3.63, 3.8) is 0 Å². The molecule has 144 valence electrons. The Morgan fingerprint density at radius 2 is 1.74 bits per heavy atom. The van der Waals surface area contributed by atoms with Crippen molar-refractivity contribution in [3.05, 3.63) is 34.3 Å². The molecule has 0 radical (unpaired) electrons. The molecule has 0 aromatic heterocycles. The average Bonchev–Trinajstić information content (AvgIpc) is 2.60. The van der Waals surface area contributed by atoms with Gasteiger partial charge in [-0.25, -0.2) is 9.59 Å². The van der Waals surface area contributed by atoms with E-state index in [4.69, 9.17) is 21.6 Å². The molecule has 1 aliphatic rings. The summed E-state index contributed by atoms with van der Waals surface area (Å²) in [7, 11) is 0. The van der Waals surface area contributed by atoms with Crippen LogP contribution in [-0.2, 0) is 4.74 Å². The van der Waals surface area contributed by atoms with Gasteiger partial charge in [-0.05, 0) is 39.0 Å². The molecule has 0 unspecified atom stereocenters. The van der Waals surface area contributed by atoms with Crippen LogP contribution in [0, 0.1) is 11.3 Å². The summed E-state index contributed by atoms with van der Waals surface area (Å²) in [6.45, 7) is 6.54. The third-order valence-corrected chi connectivity index (χ3v) is 4.09. The lowest BCUT2D eigenvalue weighted by atomic mass is 10.1. The van der Waals surface area contributed by atoms with Gasteiger partial charge in [0.25, 0.3) is 5.91 Å². The Bertz CT molecular complexity index is 790. The summed E-state index contributed by atoms with van der Waals surface area (Å²) in [4.78, 5) is 39.5. The van der Waals surface area contributed by atoms with Crippen molar-refractivity contribution < 1.29 is 19.1 Å². The van der Waals surface area contributed by atoms with Gasteiger partial charge < -0.3 is 14.5 Å². The normalized spacial score (nSPS) is 14.3. The average molecular weight is 393 g/mol. The Labute approximate surface area is 162 Å². The molecule has 1 N–H and O–H groups in total. The highest BCUT2D eigenvalue weighted by molar-refractivity contribution is 6.34. The molecule has 0 aliphatic carbocycles. The fraction of sp³-hybridized carbons (Fsp3) is 0.444. The molecule has 1 aromatic rings. The van der Waals surface area contributed by atoms with E-state index in [2.05, 4.69) is 5.32 Å². The van der Waals surface area contributed by atoms with Crippen LogP contribution in [0.4, 0.5) is 9.59 Å². The van der Waals surface area contributed by atoms with Crippen molar-refractivity contribution >= 4 is 29.6 Å². The number of rotatable bonds is 1. The number of hydrogen-bond acceptors (Lipinski definition) is 5. The lowest BCUT2D eigenvalue weighted by Gasteiger charge is -2.35. The summed E-state index contributed by atoms with van der Waals surface area (Å²) in [6.07, 6.45) is -0.428. The van der Waals surface area contributed by atoms with Gasteiger partial charge in [0.05, 0.1) is 22.2 Å². The van der Waals surface area contributed by atoms with Gasteiger partial charge in [-0.15, -0.1) is 0 Å². The van der Waals surface area contributed by atoms with Crippen LogP contribution in [-0.4, -0.2) is 59.6 Å². The first-order valence-corrected chi connectivity index (χ1v) is 8.76. The highest BCUT2D eigenvalue weighted by atomic mass is 35.5. The smallest absolute Gasteiger partial charge is 0.410 e. The number of nitriles is 1. The molecule has 0 atom stereocenters. The number of halogens is 1. The van der Waals surface area contributed by atoms with Crippen molar-refractivity contribution in [3.8, 4) is 6.07 Å². The number of benzene rings is 1. The molecular weight excluding hydrogens is 372 g/mol. The van der Waals surface area contributed by atoms with Gasteiger partial charge in [0.1, 0.15) is 5.60 Å². The van der Waals surface area contributed by atoms with Crippen LogP contribution in [0.2, 0.25) is 5.02 Å². The second-order valence-corrected chi connectivity index (χ2v) is 7.43. The Hall–Kier alpha value is -2.79. The van der Waals surface area contributed by atoms with Crippen LogP contribution in [0.5, 0.6) is 0 Å². The Balaban J connectivity index is 1.90. The zero-order valence-electron chi connectivity index (χ0n) is 15.4. The van der Waals surface area contributed by atoms with Crippen molar-refractivity contribution in [2.45, 2.75) is 26.4 Å². The number of hydrogen-bond donors (Lipinski definition) is 1. The van der Waals surface area contributed by atoms with Crippen LogP contribution < -0.4 is 5.32 Å². The number of imide groups is 1. The molecule has 0 bridgehead atoms. The maximum absolute atomic E-state index is 12.3. The van der Waals surface area contributed by atoms with Gasteiger partial charge in [0.2, 0.25) is 0 Å². The Kier molecular flexibility index (Phi) is 6.28. The van der Waals surface area contributed by atoms with Gasteiger partial charge in [0.15, 0.2) is 0 Å². The van der Waals surface area contributed by atoms with E-state index in [9.17, 15) is 14.4 Å². The predicted octanol–water partition coefficient (Wildman–Crippen LogP) is 2.61. The van der Waals surface area contributed by atoms with E-state index in [0.717, 1.165) is 0 Å². The highest BCUT2D eigenvalue weighted by Gasteiger charge is 2.28. The largest absolute Gasteiger partial charge is 0.444 e. The number of amides is 4. The third kappa shape index (κ3) is 5.59. The molecule has 4 amide bonds. The summed E-state index contributed by atoms with van der Waals surface area (Å²) in [5, 5.41) is 11.2. The van der Waals surface area contributed by atoms with Crippen LogP contribution >= 0.6 is 11.6 Å². The van der Waals surface area contributed by atoms with Gasteiger partial charge >= 0.3 is 12.1 Å². The minimum Gasteiger partial charge on any atom is -0.444 e. The summed E-state index contributed by atoms with van der Waals surface area (Å²) in [5.41, 5.74) is -0.157. The molecule has 0 saturated carbocycles. The van der Waals surface area contributed by atoms with Crippen molar-refractivity contribution in [2.24, 2.45) is 0 Å². The summed E-state index contributed by atoms with van der Waals surface area (Å²) < 4.78 is 5.30. The van der Waals surface area contributed by atoms with Crippen LogP contribution in [0.15, 0.2) is 18.2 Å². The van der Waals surface area contributed by atoms with Crippen LogP contribution in [0.25, 0.3) is 0 Å². The van der Waals surface area contributed by atoms with Crippen LogP contribution in [0.1, 0.15) is 36.7 Å². The van der Waals surface area contributed by atoms with E-state index in [1.807, 2.05) is 6.07 Å². The summed E-state index contributed by atoms with van der Waals surface area (Å²) in [6, 6.07) is 5.56. The number of piperazine rings is 1. The van der Waals surface area contributed by atoms with Crippen LogP contribution in [0.3, 0.4) is 0 Å². The van der Waals surface area contributed by atoms with E-state index in [1.165, 1.54) is 28.0 Å².